The highest BCUT2D eigenvalue weighted by Gasteiger charge is 2.04. The Hall–Kier alpha value is -2.17. The molecular formula is C14H16FN3O. The van der Waals surface area contributed by atoms with Crippen molar-refractivity contribution in [3.63, 3.8) is 0 Å². The Labute approximate surface area is 111 Å². The number of aryl methyl sites for hydroxylation is 1. The second kappa shape index (κ2) is 6.13. The number of halogens is 1. The van der Waals surface area contributed by atoms with E-state index in [1.54, 1.807) is 18.5 Å². The van der Waals surface area contributed by atoms with Crippen LogP contribution >= 0.6 is 0 Å². The smallest absolute Gasteiger partial charge is 0.224 e. The first kappa shape index (κ1) is 13.3. The van der Waals surface area contributed by atoms with E-state index in [9.17, 15) is 9.18 Å². The van der Waals surface area contributed by atoms with E-state index in [1.165, 1.54) is 12.1 Å². The number of aromatic nitrogens is 2. The molecule has 0 saturated heterocycles. The summed E-state index contributed by atoms with van der Waals surface area (Å²) in [5, 5.41) is 2.82. The van der Waals surface area contributed by atoms with Crippen LogP contribution in [-0.4, -0.2) is 22.0 Å². The van der Waals surface area contributed by atoms with Crippen molar-refractivity contribution in [2.75, 3.05) is 6.54 Å². The van der Waals surface area contributed by atoms with Crippen LogP contribution < -0.4 is 5.32 Å². The predicted octanol–water partition coefficient (Wildman–Crippen LogP) is 1.46. The van der Waals surface area contributed by atoms with Crippen molar-refractivity contribution < 1.29 is 9.18 Å². The van der Waals surface area contributed by atoms with Gasteiger partial charge in [-0.1, -0.05) is 12.1 Å². The van der Waals surface area contributed by atoms with Crippen LogP contribution in [0.4, 0.5) is 4.39 Å². The number of carbonyl (C=O) groups is 1. The number of nitrogens with one attached hydrogen (secondary N) is 1. The van der Waals surface area contributed by atoms with E-state index in [1.807, 2.05) is 17.8 Å². The number of hydrogen-bond acceptors (Lipinski definition) is 2. The van der Waals surface area contributed by atoms with Crippen LogP contribution in [0.15, 0.2) is 36.8 Å². The van der Waals surface area contributed by atoms with E-state index in [-0.39, 0.29) is 18.1 Å². The molecule has 0 radical (unpaired) electrons. The standard InChI is InChI=1S/C14H16FN3O/c1-18-9-13(17-10-18)6-7-16-14(19)8-11-2-4-12(15)5-3-11/h2-5,9-10H,6-8H2,1H3,(H,16,19). The normalized spacial score (nSPS) is 10.4. The minimum absolute atomic E-state index is 0.0671. The number of nitrogens with zero attached hydrogens (tertiary/aromatic N) is 2. The summed E-state index contributed by atoms with van der Waals surface area (Å²) in [6.07, 6.45) is 4.63. The molecule has 1 aromatic carbocycles. The lowest BCUT2D eigenvalue weighted by atomic mass is 10.1. The fourth-order valence-corrected chi connectivity index (χ4v) is 1.78. The molecule has 0 saturated carbocycles. The Morgan fingerprint density at radius 1 is 1.37 bits per heavy atom. The minimum Gasteiger partial charge on any atom is -0.355 e. The second-order valence-corrected chi connectivity index (χ2v) is 4.43. The van der Waals surface area contributed by atoms with Crippen molar-refractivity contribution in [1.29, 1.82) is 0 Å². The summed E-state index contributed by atoms with van der Waals surface area (Å²) >= 11 is 0. The minimum atomic E-state index is -0.292. The van der Waals surface area contributed by atoms with Gasteiger partial charge in [-0.15, -0.1) is 0 Å². The van der Waals surface area contributed by atoms with Crippen LogP contribution in [0.5, 0.6) is 0 Å². The first-order valence-corrected chi connectivity index (χ1v) is 6.11. The molecule has 5 heteroatoms. The van der Waals surface area contributed by atoms with Crippen LogP contribution in [0.25, 0.3) is 0 Å². The molecule has 1 aromatic heterocycles. The number of benzene rings is 1. The third-order valence-corrected chi connectivity index (χ3v) is 2.74. The van der Waals surface area contributed by atoms with Crippen molar-refractivity contribution in [2.24, 2.45) is 7.05 Å². The van der Waals surface area contributed by atoms with Gasteiger partial charge in [-0.3, -0.25) is 4.79 Å². The Balaban J connectivity index is 1.74. The van der Waals surface area contributed by atoms with Gasteiger partial charge in [0.2, 0.25) is 5.91 Å². The van der Waals surface area contributed by atoms with Gasteiger partial charge in [-0.05, 0) is 17.7 Å². The molecule has 19 heavy (non-hydrogen) atoms. The molecule has 0 aliphatic carbocycles. The number of imidazole rings is 1. The van der Waals surface area contributed by atoms with Crippen LogP contribution in [0, 0.1) is 5.82 Å². The van der Waals surface area contributed by atoms with Crippen LogP contribution in [0.1, 0.15) is 11.3 Å². The van der Waals surface area contributed by atoms with Gasteiger partial charge in [0, 0.05) is 26.2 Å². The van der Waals surface area contributed by atoms with Gasteiger partial charge in [0.25, 0.3) is 0 Å². The third kappa shape index (κ3) is 4.21. The summed E-state index contributed by atoms with van der Waals surface area (Å²) in [4.78, 5) is 15.8. The molecular weight excluding hydrogens is 245 g/mol. The number of amides is 1. The molecule has 0 unspecified atom stereocenters. The predicted molar refractivity (Wildman–Crippen MR) is 70.0 cm³/mol. The lowest BCUT2D eigenvalue weighted by Gasteiger charge is -2.04. The fraction of sp³-hybridized carbons (Fsp3) is 0.286. The quantitative estimate of drug-likeness (QED) is 0.885. The summed E-state index contributed by atoms with van der Waals surface area (Å²) in [6, 6.07) is 5.95. The molecule has 0 spiro atoms. The van der Waals surface area contributed by atoms with E-state index >= 15 is 0 Å². The maximum absolute atomic E-state index is 12.7. The van der Waals surface area contributed by atoms with Gasteiger partial charge in [0.05, 0.1) is 18.4 Å². The largest absolute Gasteiger partial charge is 0.355 e. The number of rotatable bonds is 5. The maximum Gasteiger partial charge on any atom is 0.224 e. The zero-order valence-corrected chi connectivity index (χ0v) is 10.8. The zero-order valence-electron chi connectivity index (χ0n) is 10.8. The van der Waals surface area contributed by atoms with Crippen molar-refractivity contribution in [1.82, 2.24) is 14.9 Å². The van der Waals surface area contributed by atoms with E-state index in [2.05, 4.69) is 10.3 Å². The highest BCUT2D eigenvalue weighted by molar-refractivity contribution is 5.78. The Kier molecular flexibility index (Phi) is 4.28. The summed E-state index contributed by atoms with van der Waals surface area (Å²) in [7, 11) is 1.91. The molecule has 4 nitrogen and oxygen atoms in total. The molecule has 1 heterocycles. The van der Waals surface area contributed by atoms with Crippen molar-refractivity contribution >= 4 is 5.91 Å². The van der Waals surface area contributed by atoms with Gasteiger partial charge in [0.15, 0.2) is 0 Å². The molecule has 0 aliphatic heterocycles. The highest BCUT2D eigenvalue weighted by Crippen LogP contribution is 2.03. The summed E-state index contributed by atoms with van der Waals surface area (Å²) < 4.78 is 14.6. The lowest BCUT2D eigenvalue weighted by Crippen LogP contribution is -2.27. The molecule has 2 rings (SSSR count). The Morgan fingerprint density at radius 2 is 2.11 bits per heavy atom. The lowest BCUT2D eigenvalue weighted by molar-refractivity contribution is -0.120. The average Bonchev–Trinajstić information content (AvgIpc) is 2.78. The highest BCUT2D eigenvalue weighted by atomic mass is 19.1. The molecule has 1 N–H and O–H groups in total. The monoisotopic (exact) mass is 261 g/mol. The molecule has 1 amide bonds. The SMILES string of the molecule is Cn1cnc(CCNC(=O)Cc2ccc(F)cc2)c1. The summed E-state index contributed by atoms with van der Waals surface area (Å²) in [5.41, 5.74) is 1.75. The number of carbonyl (C=O) groups excluding carboxylic acids is 1. The van der Waals surface area contributed by atoms with Crippen molar-refractivity contribution in [2.45, 2.75) is 12.8 Å². The summed E-state index contributed by atoms with van der Waals surface area (Å²) in [5.74, 6) is -0.359. The topological polar surface area (TPSA) is 46.9 Å². The van der Waals surface area contributed by atoms with Crippen molar-refractivity contribution in [3.05, 3.63) is 53.9 Å². The Bertz CT molecular complexity index is 548. The Morgan fingerprint density at radius 3 is 2.74 bits per heavy atom. The molecule has 100 valence electrons. The number of hydrogen-bond donors (Lipinski definition) is 1. The molecule has 0 fully saturated rings. The fourth-order valence-electron chi connectivity index (χ4n) is 1.78. The van der Waals surface area contributed by atoms with Crippen LogP contribution in [0.2, 0.25) is 0 Å². The van der Waals surface area contributed by atoms with E-state index in [0.29, 0.717) is 13.0 Å². The van der Waals surface area contributed by atoms with Gasteiger partial charge < -0.3 is 9.88 Å². The summed E-state index contributed by atoms with van der Waals surface area (Å²) in [6.45, 7) is 0.553. The third-order valence-electron chi connectivity index (χ3n) is 2.74. The molecule has 2 aromatic rings. The molecule has 0 aliphatic rings. The van der Waals surface area contributed by atoms with Gasteiger partial charge >= 0.3 is 0 Å². The maximum atomic E-state index is 12.7. The van der Waals surface area contributed by atoms with E-state index in [4.69, 9.17) is 0 Å². The van der Waals surface area contributed by atoms with Crippen molar-refractivity contribution in [3.8, 4) is 0 Å². The van der Waals surface area contributed by atoms with Crippen LogP contribution in [-0.2, 0) is 24.7 Å². The van der Waals surface area contributed by atoms with E-state index < -0.39 is 0 Å². The zero-order chi connectivity index (χ0) is 13.7. The first-order chi connectivity index (χ1) is 9.13. The molecule has 0 bridgehead atoms. The van der Waals surface area contributed by atoms with Gasteiger partial charge in [0.1, 0.15) is 5.82 Å². The van der Waals surface area contributed by atoms with Crippen LogP contribution in [0.3, 0.4) is 0 Å². The van der Waals surface area contributed by atoms with E-state index in [0.717, 1.165) is 11.3 Å². The van der Waals surface area contributed by atoms with Gasteiger partial charge in [-0.2, -0.15) is 0 Å². The van der Waals surface area contributed by atoms with Gasteiger partial charge in [-0.25, -0.2) is 9.37 Å². The average molecular weight is 261 g/mol. The molecule has 0 atom stereocenters. The first-order valence-electron chi connectivity index (χ1n) is 6.11. The second-order valence-electron chi connectivity index (χ2n) is 4.43.